The molecule has 0 saturated carbocycles. The predicted molar refractivity (Wildman–Crippen MR) is 263 cm³/mol. The molecule has 2 heteroatoms. The number of aromatic nitrogens is 1. The van der Waals surface area contributed by atoms with Crippen LogP contribution >= 0.6 is 0 Å². The van der Waals surface area contributed by atoms with E-state index in [4.69, 9.17) is 0 Å². The molecule has 0 spiro atoms. The largest absolute Gasteiger partial charge is 0.310 e. The van der Waals surface area contributed by atoms with E-state index in [1.165, 1.54) is 71.9 Å². The zero-order chi connectivity index (χ0) is 41.2. The van der Waals surface area contributed by atoms with Gasteiger partial charge in [-0.25, -0.2) is 0 Å². The summed E-state index contributed by atoms with van der Waals surface area (Å²) in [5, 5.41) is 2.48. The van der Waals surface area contributed by atoms with Crippen molar-refractivity contribution in [1.29, 1.82) is 0 Å². The Morgan fingerprint density at radius 2 is 0.645 bits per heavy atom. The second-order valence-corrected chi connectivity index (χ2v) is 15.7. The molecule has 1 aromatic heterocycles. The van der Waals surface area contributed by atoms with Crippen LogP contribution < -0.4 is 4.90 Å². The molecule has 1 heterocycles. The first-order valence-corrected chi connectivity index (χ1v) is 21.3. The summed E-state index contributed by atoms with van der Waals surface area (Å²) in [6.45, 7) is 0. The number of nitrogens with zero attached hydrogens (tertiary/aromatic N) is 2. The number of para-hydroxylation sites is 3. The van der Waals surface area contributed by atoms with Gasteiger partial charge in [0, 0.05) is 33.4 Å². The summed E-state index contributed by atoms with van der Waals surface area (Å²) in [5.41, 5.74) is 18.7. The average Bonchev–Trinajstić information content (AvgIpc) is 3.70. The monoisotopic (exact) mass is 790 g/mol. The smallest absolute Gasteiger partial charge is 0.0547 e. The Hall–Kier alpha value is -8.20. The van der Waals surface area contributed by atoms with E-state index < -0.39 is 0 Å². The maximum Gasteiger partial charge on any atom is 0.0547 e. The second kappa shape index (κ2) is 16.1. The quantitative estimate of drug-likeness (QED) is 0.141. The predicted octanol–water partition coefficient (Wildman–Crippen LogP) is 16.6. The van der Waals surface area contributed by atoms with Crippen molar-refractivity contribution >= 4 is 38.9 Å². The SMILES string of the molecule is c1ccc(-c2ccc(-c3ccc(N(c4ccc(-c5ccccc5)cc4)c4ccccc4-c4ccccc4-c4cccc5c4c4ccccc4n5-c4ccccc4)cc3)cc2)cc1. The van der Waals surface area contributed by atoms with Crippen molar-refractivity contribution in [3.8, 4) is 61.3 Å². The number of rotatable bonds is 9. The van der Waals surface area contributed by atoms with E-state index in [2.05, 4.69) is 264 Å². The van der Waals surface area contributed by atoms with Crippen LogP contribution in [0.5, 0.6) is 0 Å². The highest BCUT2D eigenvalue weighted by atomic mass is 15.1. The lowest BCUT2D eigenvalue weighted by molar-refractivity contribution is 1.18. The molecular weight excluding hydrogens is 749 g/mol. The molecule has 0 bridgehead atoms. The summed E-state index contributed by atoms with van der Waals surface area (Å²) in [5.74, 6) is 0. The fraction of sp³-hybridized carbons (Fsp3) is 0. The Bertz CT molecular complexity index is 3290. The molecule has 11 aromatic rings. The Morgan fingerprint density at radius 1 is 0.258 bits per heavy atom. The summed E-state index contributed by atoms with van der Waals surface area (Å²) < 4.78 is 2.40. The minimum Gasteiger partial charge on any atom is -0.310 e. The average molecular weight is 791 g/mol. The van der Waals surface area contributed by atoms with Crippen molar-refractivity contribution in [1.82, 2.24) is 4.57 Å². The molecule has 0 unspecified atom stereocenters. The molecule has 62 heavy (non-hydrogen) atoms. The van der Waals surface area contributed by atoms with Crippen molar-refractivity contribution in [2.24, 2.45) is 0 Å². The van der Waals surface area contributed by atoms with Crippen molar-refractivity contribution in [2.45, 2.75) is 0 Å². The van der Waals surface area contributed by atoms with Gasteiger partial charge in [0.1, 0.15) is 0 Å². The van der Waals surface area contributed by atoms with Gasteiger partial charge < -0.3 is 9.47 Å². The van der Waals surface area contributed by atoms with Crippen LogP contribution in [0.2, 0.25) is 0 Å². The van der Waals surface area contributed by atoms with E-state index in [1.807, 2.05) is 0 Å². The molecule has 10 aromatic carbocycles. The van der Waals surface area contributed by atoms with Crippen LogP contribution in [0.25, 0.3) is 83.1 Å². The van der Waals surface area contributed by atoms with Gasteiger partial charge in [0.05, 0.1) is 16.7 Å². The first-order valence-electron chi connectivity index (χ1n) is 21.3. The highest BCUT2D eigenvalue weighted by Gasteiger charge is 2.22. The standard InChI is InChI=1S/C60H42N2/c1-4-17-43(18-5-1)45-31-33-46(34-32-45)48-37-41-51(42-38-48)61(50-39-35-47(36-40-50)44-19-6-2-7-20-44)57-28-14-12-25-54(57)52-23-10-11-24-53(52)55-27-16-30-59-60(55)56-26-13-15-29-58(56)62(59)49-21-8-3-9-22-49/h1-42H. The van der Waals surface area contributed by atoms with E-state index in [0.29, 0.717) is 0 Å². The summed E-state index contributed by atoms with van der Waals surface area (Å²) in [6, 6.07) is 92.0. The van der Waals surface area contributed by atoms with Gasteiger partial charge in [-0.15, -0.1) is 0 Å². The zero-order valence-electron chi connectivity index (χ0n) is 34.1. The summed E-state index contributed by atoms with van der Waals surface area (Å²) in [6.07, 6.45) is 0. The lowest BCUT2D eigenvalue weighted by atomic mass is 9.90. The Kier molecular flexibility index (Phi) is 9.57. The molecule has 2 nitrogen and oxygen atoms in total. The molecule has 0 amide bonds. The van der Waals surface area contributed by atoms with E-state index >= 15 is 0 Å². The van der Waals surface area contributed by atoms with Gasteiger partial charge in [-0.2, -0.15) is 0 Å². The van der Waals surface area contributed by atoms with Gasteiger partial charge in [-0.3, -0.25) is 0 Å². The van der Waals surface area contributed by atoms with Crippen LogP contribution in [0.15, 0.2) is 255 Å². The molecule has 11 rings (SSSR count). The molecular formula is C60H42N2. The topological polar surface area (TPSA) is 8.17 Å². The third kappa shape index (κ3) is 6.74. The van der Waals surface area contributed by atoms with E-state index in [0.717, 1.165) is 28.3 Å². The Morgan fingerprint density at radius 3 is 1.21 bits per heavy atom. The van der Waals surface area contributed by atoms with Crippen LogP contribution in [-0.4, -0.2) is 4.57 Å². The van der Waals surface area contributed by atoms with Gasteiger partial charge in [0.15, 0.2) is 0 Å². The van der Waals surface area contributed by atoms with Crippen molar-refractivity contribution in [2.75, 3.05) is 4.90 Å². The van der Waals surface area contributed by atoms with E-state index in [-0.39, 0.29) is 0 Å². The number of anilines is 3. The highest BCUT2D eigenvalue weighted by molar-refractivity contribution is 6.17. The third-order valence-electron chi connectivity index (χ3n) is 12.0. The van der Waals surface area contributed by atoms with E-state index in [9.17, 15) is 0 Å². The fourth-order valence-electron chi connectivity index (χ4n) is 9.10. The third-order valence-corrected chi connectivity index (χ3v) is 12.0. The lowest BCUT2D eigenvalue weighted by Crippen LogP contribution is -2.11. The first-order chi connectivity index (χ1) is 30.8. The van der Waals surface area contributed by atoms with E-state index in [1.54, 1.807) is 0 Å². The maximum absolute atomic E-state index is 2.41. The van der Waals surface area contributed by atoms with Crippen molar-refractivity contribution in [3.05, 3.63) is 255 Å². The number of hydrogen-bond donors (Lipinski definition) is 0. The fourth-order valence-corrected chi connectivity index (χ4v) is 9.10. The van der Waals surface area contributed by atoms with Gasteiger partial charge in [-0.05, 0) is 105 Å². The maximum atomic E-state index is 2.41. The normalized spacial score (nSPS) is 11.2. The van der Waals surface area contributed by atoms with Crippen LogP contribution in [0, 0.1) is 0 Å². The van der Waals surface area contributed by atoms with Gasteiger partial charge in [0.2, 0.25) is 0 Å². The van der Waals surface area contributed by atoms with Crippen LogP contribution in [0.3, 0.4) is 0 Å². The zero-order valence-corrected chi connectivity index (χ0v) is 34.1. The minimum absolute atomic E-state index is 1.08. The molecule has 292 valence electrons. The second-order valence-electron chi connectivity index (χ2n) is 15.7. The first kappa shape index (κ1) is 36.8. The highest BCUT2D eigenvalue weighted by Crippen LogP contribution is 2.46. The van der Waals surface area contributed by atoms with Gasteiger partial charge >= 0.3 is 0 Å². The molecule has 0 saturated heterocycles. The number of fused-ring (bicyclic) bond motifs is 3. The molecule has 0 aliphatic heterocycles. The molecule has 0 fully saturated rings. The minimum atomic E-state index is 1.08. The molecule has 0 radical (unpaired) electrons. The summed E-state index contributed by atoms with van der Waals surface area (Å²) >= 11 is 0. The van der Waals surface area contributed by atoms with Crippen molar-refractivity contribution < 1.29 is 0 Å². The number of hydrogen-bond acceptors (Lipinski definition) is 1. The van der Waals surface area contributed by atoms with Crippen molar-refractivity contribution in [3.63, 3.8) is 0 Å². The lowest BCUT2D eigenvalue weighted by Gasteiger charge is -2.29. The van der Waals surface area contributed by atoms with Crippen LogP contribution in [0.1, 0.15) is 0 Å². The van der Waals surface area contributed by atoms with Crippen LogP contribution in [-0.2, 0) is 0 Å². The summed E-state index contributed by atoms with van der Waals surface area (Å²) in [7, 11) is 0. The molecule has 0 N–H and O–H groups in total. The number of benzene rings is 10. The Balaban J connectivity index is 1.05. The Labute approximate surface area is 362 Å². The van der Waals surface area contributed by atoms with Gasteiger partial charge in [-0.1, -0.05) is 200 Å². The molecule has 0 atom stereocenters. The molecule has 0 aliphatic rings. The van der Waals surface area contributed by atoms with Gasteiger partial charge in [0.25, 0.3) is 0 Å². The summed E-state index contributed by atoms with van der Waals surface area (Å²) in [4.78, 5) is 2.41. The van der Waals surface area contributed by atoms with Crippen LogP contribution in [0.4, 0.5) is 17.1 Å². The molecule has 0 aliphatic carbocycles.